The zero-order valence-electron chi connectivity index (χ0n) is 13.9. The van der Waals surface area contributed by atoms with E-state index in [1.54, 1.807) is 0 Å². The van der Waals surface area contributed by atoms with E-state index in [0.29, 0.717) is 11.6 Å². The molecule has 0 aliphatic carbocycles. The van der Waals surface area contributed by atoms with Crippen LogP contribution < -0.4 is 10.0 Å². The molecule has 0 radical (unpaired) electrons. The van der Waals surface area contributed by atoms with Gasteiger partial charge in [0.2, 0.25) is 15.9 Å². The molecule has 0 bridgehead atoms. The minimum absolute atomic E-state index is 0.00475. The molecule has 1 amide bonds. The molecule has 2 fully saturated rings. The first-order valence-corrected chi connectivity index (χ1v) is 10.4. The summed E-state index contributed by atoms with van der Waals surface area (Å²) in [6.45, 7) is 1.88. The Bertz CT molecular complexity index is 725. The molecule has 0 spiro atoms. The molecular formula is C16H22ClN3O4S. The van der Waals surface area contributed by atoms with Gasteiger partial charge in [-0.1, -0.05) is 23.7 Å². The number of amides is 1. The molecule has 2 aliphatic rings. The van der Waals surface area contributed by atoms with Gasteiger partial charge in [0.1, 0.15) is 0 Å². The second-order valence-corrected chi connectivity index (χ2v) is 8.84. The van der Waals surface area contributed by atoms with Crippen molar-refractivity contribution in [3.8, 4) is 0 Å². The Hall–Kier alpha value is -1.19. The average molecular weight is 388 g/mol. The van der Waals surface area contributed by atoms with Crippen LogP contribution in [0.3, 0.4) is 0 Å². The van der Waals surface area contributed by atoms with E-state index in [2.05, 4.69) is 14.9 Å². The normalized spacial score (nSPS) is 27.0. The van der Waals surface area contributed by atoms with Crippen molar-refractivity contribution in [1.82, 2.24) is 14.9 Å². The van der Waals surface area contributed by atoms with Crippen LogP contribution in [0, 0.1) is 0 Å². The highest BCUT2D eigenvalue weighted by molar-refractivity contribution is 7.88. The molecule has 9 heteroatoms. The molecule has 0 saturated carbocycles. The summed E-state index contributed by atoms with van der Waals surface area (Å²) in [6.07, 6.45) is 1.83. The Balaban J connectivity index is 1.52. The van der Waals surface area contributed by atoms with E-state index in [1.165, 1.54) is 0 Å². The maximum Gasteiger partial charge on any atom is 0.235 e. The summed E-state index contributed by atoms with van der Waals surface area (Å²) >= 11 is 5.93. The van der Waals surface area contributed by atoms with Crippen molar-refractivity contribution in [3.63, 3.8) is 0 Å². The van der Waals surface area contributed by atoms with E-state index < -0.39 is 10.0 Å². The van der Waals surface area contributed by atoms with Crippen molar-refractivity contribution in [2.24, 2.45) is 0 Å². The minimum Gasteiger partial charge on any atom is -0.371 e. The Morgan fingerprint density at radius 1 is 1.32 bits per heavy atom. The van der Waals surface area contributed by atoms with E-state index in [9.17, 15) is 13.2 Å². The van der Waals surface area contributed by atoms with Crippen LogP contribution in [0.5, 0.6) is 0 Å². The second kappa shape index (κ2) is 7.59. The molecule has 1 aromatic rings. The van der Waals surface area contributed by atoms with Crippen molar-refractivity contribution in [2.75, 3.05) is 32.5 Å². The summed E-state index contributed by atoms with van der Waals surface area (Å²) in [5.74, 6) is -0.314. The lowest BCUT2D eigenvalue weighted by atomic mass is 10.1. The van der Waals surface area contributed by atoms with Gasteiger partial charge < -0.3 is 10.1 Å². The quantitative estimate of drug-likeness (QED) is 0.769. The lowest BCUT2D eigenvalue weighted by molar-refractivity contribution is -0.120. The van der Waals surface area contributed by atoms with Gasteiger partial charge in [-0.3, -0.25) is 9.69 Å². The van der Waals surface area contributed by atoms with Gasteiger partial charge in [0, 0.05) is 30.2 Å². The number of benzene rings is 1. The molecule has 2 N–H and O–H groups in total. The lowest BCUT2D eigenvalue weighted by Crippen LogP contribution is -2.44. The maximum absolute atomic E-state index is 11.9. The van der Waals surface area contributed by atoms with Crippen LogP contribution >= 0.6 is 11.6 Å². The van der Waals surface area contributed by atoms with E-state index in [1.807, 2.05) is 24.3 Å². The number of halogens is 1. The van der Waals surface area contributed by atoms with Gasteiger partial charge in [-0.2, -0.15) is 0 Å². The van der Waals surface area contributed by atoms with Gasteiger partial charge in [-0.15, -0.1) is 0 Å². The number of carbonyl (C=O) groups is 1. The third-order valence-electron chi connectivity index (χ3n) is 4.52. The molecule has 25 heavy (non-hydrogen) atoms. The minimum atomic E-state index is -3.37. The highest BCUT2D eigenvalue weighted by atomic mass is 35.5. The Labute approximate surface area is 152 Å². The highest BCUT2D eigenvalue weighted by Crippen LogP contribution is 2.30. The van der Waals surface area contributed by atoms with E-state index in [0.717, 1.165) is 31.3 Å². The number of nitrogens with one attached hydrogen (secondary N) is 2. The summed E-state index contributed by atoms with van der Waals surface area (Å²) in [4.78, 5) is 14.2. The fourth-order valence-corrected chi connectivity index (χ4v) is 3.85. The number of morpholine rings is 1. The Morgan fingerprint density at radius 2 is 2.04 bits per heavy atom. The number of ether oxygens (including phenoxy) is 1. The van der Waals surface area contributed by atoms with Crippen LogP contribution in [0.15, 0.2) is 24.3 Å². The SMILES string of the molecule is CS(=O)(=O)NCC(=O)N[C@@H]1C[C@H]2CO[C@@H](c3ccc(Cl)cc3)CN2C1. The average Bonchev–Trinajstić information content (AvgIpc) is 2.94. The number of fused-ring (bicyclic) bond motifs is 1. The molecule has 1 aromatic carbocycles. The molecule has 0 unspecified atom stereocenters. The molecule has 3 rings (SSSR count). The fraction of sp³-hybridized carbons (Fsp3) is 0.562. The van der Waals surface area contributed by atoms with Crippen LogP contribution in [0.1, 0.15) is 18.1 Å². The molecular weight excluding hydrogens is 366 g/mol. The van der Waals surface area contributed by atoms with Crippen molar-refractivity contribution < 1.29 is 17.9 Å². The Kier molecular flexibility index (Phi) is 5.65. The number of nitrogens with zero attached hydrogens (tertiary/aromatic N) is 1. The molecule has 3 atom stereocenters. The number of carbonyl (C=O) groups excluding carboxylic acids is 1. The van der Waals surface area contributed by atoms with Gasteiger partial charge in [0.15, 0.2) is 0 Å². The van der Waals surface area contributed by atoms with Crippen molar-refractivity contribution in [1.29, 1.82) is 0 Å². The first-order chi connectivity index (χ1) is 11.8. The van der Waals surface area contributed by atoms with Crippen LogP contribution in [0.25, 0.3) is 0 Å². The van der Waals surface area contributed by atoms with Crippen molar-refractivity contribution in [2.45, 2.75) is 24.6 Å². The topological polar surface area (TPSA) is 87.7 Å². The van der Waals surface area contributed by atoms with Gasteiger partial charge in [0.25, 0.3) is 0 Å². The van der Waals surface area contributed by atoms with Gasteiger partial charge in [0.05, 0.1) is 25.5 Å². The third kappa shape index (κ3) is 5.15. The smallest absolute Gasteiger partial charge is 0.235 e. The molecule has 2 aliphatic heterocycles. The van der Waals surface area contributed by atoms with Crippen LogP contribution in [0.2, 0.25) is 5.02 Å². The molecule has 2 heterocycles. The first kappa shape index (κ1) is 18.6. The van der Waals surface area contributed by atoms with Crippen LogP contribution in [-0.4, -0.2) is 63.8 Å². The van der Waals surface area contributed by atoms with Crippen LogP contribution in [0.4, 0.5) is 0 Å². The fourth-order valence-electron chi connectivity index (χ4n) is 3.33. The van der Waals surface area contributed by atoms with E-state index in [4.69, 9.17) is 16.3 Å². The third-order valence-corrected chi connectivity index (χ3v) is 5.44. The molecule has 7 nitrogen and oxygen atoms in total. The number of rotatable bonds is 5. The molecule has 2 saturated heterocycles. The predicted octanol–water partition coefficient (Wildman–Crippen LogP) is 0.520. The summed E-state index contributed by atoms with van der Waals surface area (Å²) in [5, 5.41) is 3.59. The van der Waals surface area contributed by atoms with Gasteiger partial charge >= 0.3 is 0 Å². The van der Waals surface area contributed by atoms with Crippen molar-refractivity contribution in [3.05, 3.63) is 34.9 Å². The highest BCUT2D eigenvalue weighted by Gasteiger charge is 2.38. The van der Waals surface area contributed by atoms with Crippen LogP contribution in [-0.2, 0) is 19.6 Å². The summed E-state index contributed by atoms with van der Waals surface area (Å²) in [7, 11) is -3.37. The van der Waals surface area contributed by atoms with Crippen molar-refractivity contribution >= 4 is 27.5 Å². The summed E-state index contributed by atoms with van der Waals surface area (Å²) in [5.41, 5.74) is 1.09. The largest absolute Gasteiger partial charge is 0.371 e. The molecule has 138 valence electrons. The zero-order valence-corrected chi connectivity index (χ0v) is 15.5. The number of hydrogen-bond donors (Lipinski definition) is 2. The number of sulfonamides is 1. The predicted molar refractivity (Wildman–Crippen MR) is 94.9 cm³/mol. The zero-order chi connectivity index (χ0) is 18.0. The summed E-state index contributed by atoms with van der Waals surface area (Å²) in [6, 6.07) is 7.93. The Morgan fingerprint density at radius 3 is 2.72 bits per heavy atom. The van der Waals surface area contributed by atoms with Gasteiger partial charge in [-0.25, -0.2) is 13.1 Å². The van der Waals surface area contributed by atoms with Gasteiger partial charge in [-0.05, 0) is 24.1 Å². The second-order valence-electron chi connectivity index (χ2n) is 6.57. The summed E-state index contributed by atoms with van der Waals surface area (Å²) < 4.78 is 30.3. The standard InChI is InChI=1S/C16H22ClN3O4S/c1-25(22,23)18-7-16(21)19-13-6-14-10-24-15(9-20(14)8-13)11-2-4-12(17)5-3-11/h2-5,13-15,18H,6-10H2,1H3,(H,19,21)/t13-,14+,15-/m1/s1. The maximum atomic E-state index is 11.9. The van der Waals surface area contributed by atoms with E-state index >= 15 is 0 Å². The number of hydrogen-bond acceptors (Lipinski definition) is 5. The lowest BCUT2D eigenvalue weighted by Gasteiger charge is -2.35. The molecule has 0 aromatic heterocycles. The van der Waals surface area contributed by atoms with E-state index in [-0.39, 0.29) is 30.6 Å². The first-order valence-electron chi connectivity index (χ1n) is 8.15. The monoisotopic (exact) mass is 387 g/mol.